The van der Waals surface area contributed by atoms with Gasteiger partial charge in [-0.3, -0.25) is 4.90 Å². The van der Waals surface area contributed by atoms with Crippen LogP contribution in [0.5, 0.6) is 0 Å². The van der Waals surface area contributed by atoms with E-state index in [0.717, 1.165) is 9.80 Å². The molecule has 0 saturated carbocycles. The van der Waals surface area contributed by atoms with Crippen LogP contribution in [0, 0.1) is 5.92 Å². The minimum absolute atomic E-state index is 0.0662. The van der Waals surface area contributed by atoms with Crippen molar-refractivity contribution < 1.29 is 29.7 Å². The molecular weight excluding hydrogens is 232 g/mol. The van der Waals surface area contributed by atoms with Crippen LogP contribution in [-0.4, -0.2) is 68.4 Å². The van der Waals surface area contributed by atoms with E-state index in [-0.39, 0.29) is 13.1 Å². The molecule has 0 aromatic heterocycles. The van der Waals surface area contributed by atoms with Crippen LogP contribution in [0.1, 0.15) is 6.42 Å². The van der Waals surface area contributed by atoms with Gasteiger partial charge in [-0.25, -0.2) is 14.4 Å². The van der Waals surface area contributed by atoms with E-state index < -0.39 is 36.2 Å². The van der Waals surface area contributed by atoms with Crippen molar-refractivity contribution in [2.24, 2.45) is 5.92 Å². The normalized spacial score (nSPS) is 31.4. The topological polar surface area (TPSA) is 118 Å². The van der Waals surface area contributed by atoms with Crippen LogP contribution >= 0.6 is 0 Å². The Kier molecular flexibility index (Phi) is 2.56. The highest BCUT2D eigenvalue weighted by Gasteiger charge is 2.54. The molecule has 0 aliphatic carbocycles. The van der Waals surface area contributed by atoms with Gasteiger partial charge in [-0.2, -0.15) is 0 Å². The molecule has 2 aliphatic heterocycles. The molecule has 2 aliphatic rings. The number of amides is 2. The van der Waals surface area contributed by atoms with Crippen LogP contribution in [0.2, 0.25) is 0 Å². The van der Waals surface area contributed by atoms with Crippen LogP contribution in [0.4, 0.5) is 9.59 Å². The lowest BCUT2D eigenvalue weighted by Gasteiger charge is -2.21. The maximum absolute atomic E-state index is 11.1. The van der Waals surface area contributed by atoms with Gasteiger partial charge in [-0.15, -0.1) is 0 Å². The Morgan fingerprint density at radius 3 is 2.06 bits per heavy atom. The van der Waals surface area contributed by atoms with E-state index in [9.17, 15) is 14.4 Å². The molecule has 3 N–H and O–H groups in total. The molecule has 0 aromatic rings. The van der Waals surface area contributed by atoms with Gasteiger partial charge in [0.2, 0.25) is 0 Å². The van der Waals surface area contributed by atoms with Crippen LogP contribution in [0.15, 0.2) is 0 Å². The SMILES string of the molecule is O=C(O)[C@H]1[C@H]2CCN(C(=O)O)[C@H]2CN1C(=O)O. The molecule has 3 atom stereocenters. The summed E-state index contributed by atoms with van der Waals surface area (Å²) in [4.78, 5) is 34.8. The highest BCUT2D eigenvalue weighted by Crippen LogP contribution is 2.36. The second-order valence-electron chi connectivity index (χ2n) is 4.21. The molecule has 8 heteroatoms. The average Bonchev–Trinajstić information content (AvgIpc) is 2.71. The number of carboxylic acids is 1. The summed E-state index contributed by atoms with van der Waals surface area (Å²) in [6.45, 7) is 0.200. The quantitative estimate of drug-likeness (QED) is 0.587. The average molecular weight is 244 g/mol. The Hall–Kier alpha value is -1.99. The fourth-order valence-corrected chi connectivity index (χ4v) is 2.78. The number of hydrogen-bond donors (Lipinski definition) is 3. The largest absolute Gasteiger partial charge is 0.480 e. The first-order valence-electron chi connectivity index (χ1n) is 5.15. The Morgan fingerprint density at radius 2 is 1.59 bits per heavy atom. The number of carbonyl (C=O) groups is 3. The molecule has 2 fully saturated rings. The van der Waals surface area contributed by atoms with Crippen molar-refractivity contribution in [3.05, 3.63) is 0 Å². The molecule has 0 aromatic carbocycles. The summed E-state index contributed by atoms with van der Waals surface area (Å²) >= 11 is 0. The first-order valence-corrected chi connectivity index (χ1v) is 5.15. The smallest absolute Gasteiger partial charge is 0.408 e. The summed E-state index contributed by atoms with van der Waals surface area (Å²) in [5.74, 6) is -1.66. The molecule has 2 amide bonds. The minimum Gasteiger partial charge on any atom is -0.480 e. The highest BCUT2D eigenvalue weighted by molar-refractivity contribution is 5.81. The van der Waals surface area contributed by atoms with Crippen molar-refractivity contribution in [3.8, 4) is 0 Å². The van der Waals surface area contributed by atoms with E-state index in [2.05, 4.69) is 0 Å². The fourth-order valence-electron chi connectivity index (χ4n) is 2.78. The van der Waals surface area contributed by atoms with Gasteiger partial charge in [-0.1, -0.05) is 0 Å². The van der Waals surface area contributed by atoms with E-state index >= 15 is 0 Å². The molecule has 94 valence electrons. The van der Waals surface area contributed by atoms with E-state index in [0.29, 0.717) is 6.42 Å². The van der Waals surface area contributed by atoms with Gasteiger partial charge < -0.3 is 20.2 Å². The Morgan fingerprint density at radius 1 is 1.00 bits per heavy atom. The van der Waals surface area contributed by atoms with Gasteiger partial charge in [0.1, 0.15) is 6.04 Å². The standard InChI is InChI=1S/C9H12N2O6/c12-7(13)6-4-1-2-10(8(14)15)5(4)3-11(6)9(16)17/h4-6H,1-3H2,(H,12,13)(H,14,15)(H,16,17)/t4-,5-,6+/m0/s1. The summed E-state index contributed by atoms with van der Waals surface area (Å²) < 4.78 is 0. The highest BCUT2D eigenvalue weighted by atomic mass is 16.4. The summed E-state index contributed by atoms with van der Waals surface area (Å²) in [6, 6.07) is -1.67. The Labute approximate surface area is 96.0 Å². The first kappa shape index (κ1) is 11.5. The maximum atomic E-state index is 11.1. The monoisotopic (exact) mass is 244 g/mol. The third kappa shape index (κ3) is 1.65. The number of aliphatic carboxylic acids is 1. The van der Waals surface area contributed by atoms with E-state index in [1.54, 1.807) is 0 Å². The summed E-state index contributed by atoms with van der Waals surface area (Å²) in [5, 5.41) is 26.9. The zero-order valence-electron chi connectivity index (χ0n) is 8.81. The van der Waals surface area contributed by atoms with Crippen molar-refractivity contribution in [2.75, 3.05) is 13.1 Å². The number of rotatable bonds is 1. The zero-order chi connectivity index (χ0) is 12.7. The fraction of sp³-hybridized carbons (Fsp3) is 0.667. The van der Waals surface area contributed by atoms with E-state index in [1.807, 2.05) is 0 Å². The molecule has 2 rings (SSSR count). The van der Waals surface area contributed by atoms with Gasteiger partial charge >= 0.3 is 18.2 Å². The molecule has 0 radical (unpaired) electrons. The van der Waals surface area contributed by atoms with Gasteiger partial charge in [0.25, 0.3) is 0 Å². The van der Waals surface area contributed by atoms with Gasteiger partial charge in [-0.05, 0) is 6.42 Å². The van der Waals surface area contributed by atoms with E-state index in [4.69, 9.17) is 15.3 Å². The van der Waals surface area contributed by atoms with Crippen molar-refractivity contribution in [1.82, 2.24) is 9.80 Å². The van der Waals surface area contributed by atoms with Gasteiger partial charge in [0.05, 0.1) is 6.04 Å². The lowest BCUT2D eigenvalue weighted by atomic mass is 9.96. The third-order valence-corrected chi connectivity index (χ3v) is 3.47. The van der Waals surface area contributed by atoms with Crippen molar-refractivity contribution in [3.63, 3.8) is 0 Å². The third-order valence-electron chi connectivity index (χ3n) is 3.47. The summed E-state index contributed by atoms with van der Waals surface area (Å²) in [6.07, 6.45) is -2.07. The number of hydrogen-bond acceptors (Lipinski definition) is 3. The summed E-state index contributed by atoms with van der Waals surface area (Å²) in [5.41, 5.74) is 0. The number of carboxylic acid groups (broad SMARTS) is 3. The van der Waals surface area contributed by atoms with Crippen LogP contribution in [0.3, 0.4) is 0 Å². The predicted molar refractivity (Wildman–Crippen MR) is 52.8 cm³/mol. The molecule has 0 unspecified atom stereocenters. The second-order valence-corrected chi connectivity index (χ2v) is 4.21. The molecule has 2 saturated heterocycles. The first-order chi connectivity index (χ1) is 7.93. The lowest BCUT2D eigenvalue weighted by Crippen LogP contribution is -2.43. The van der Waals surface area contributed by atoms with Crippen LogP contribution in [-0.2, 0) is 4.79 Å². The van der Waals surface area contributed by atoms with Crippen molar-refractivity contribution in [1.29, 1.82) is 0 Å². The molecule has 8 nitrogen and oxygen atoms in total. The number of nitrogens with zero attached hydrogens (tertiary/aromatic N) is 2. The molecule has 2 heterocycles. The molecule has 0 bridgehead atoms. The number of likely N-dealkylation sites (tertiary alicyclic amines) is 2. The van der Waals surface area contributed by atoms with Gasteiger partial charge in [0, 0.05) is 19.0 Å². The molecular formula is C9H12N2O6. The van der Waals surface area contributed by atoms with Gasteiger partial charge in [0.15, 0.2) is 0 Å². The van der Waals surface area contributed by atoms with Crippen LogP contribution < -0.4 is 0 Å². The molecule has 0 spiro atoms. The second kappa shape index (κ2) is 3.79. The van der Waals surface area contributed by atoms with E-state index in [1.165, 1.54) is 0 Å². The maximum Gasteiger partial charge on any atom is 0.408 e. The van der Waals surface area contributed by atoms with Crippen molar-refractivity contribution >= 4 is 18.2 Å². The predicted octanol–water partition coefficient (Wildman–Crippen LogP) is -0.198. The Balaban J connectivity index is 2.26. The minimum atomic E-state index is -1.32. The van der Waals surface area contributed by atoms with Crippen molar-refractivity contribution in [2.45, 2.75) is 18.5 Å². The summed E-state index contributed by atoms with van der Waals surface area (Å²) in [7, 11) is 0. The zero-order valence-corrected chi connectivity index (χ0v) is 8.81. The van der Waals surface area contributed by atoms with Crippen LogP contribution in [0.25, 0.3) is 0 Å². The lowest BCUT2D eigenvalue weighted by molar-refractivity contribution is -0.142. The number of fused-ring (bicyclic) bond motifs is 1. The Bertz CT molecular complexity index is 384. The molecule has 17 heavy (non-hydrogen) atoms.